The summed E-state index contributed by atoms with van der Waals surface area (Å²) < 4.78 is 15.5. The van der Waals surface area contributed by atoms with Gasteiger partial charge in [0.2, 0.25) is 5.91 Å². The van der Waals surface area contributed by atoms with Crippen molar-refractivity contribution >= 4 is 17.6 Å². The Morgan fingerprint density at radius 3 is 2.53 bits per heavy atom. The van der Waals surface area contributed by atoms with Crippen molar-refractivity contribution in [3.05, 3.63) is 47.3 Å². The molecule has 5 nitrogen and oxygen atoms in total. The number of amides is 2. The summed E-state index contributed by atoms with van der Waals surface area (Å²) in [5.74, 6) is -1.32. The molecule has 1 saturated carbocycles. The molecule has 0 bridgehead atoms. The maximum absolute atomic E-state index is 15.5. The van der Waals surface area contributed by atoms with Gasteiger partial charge in [0, 0.05) is 24.6 Å². The van der Waals surface area contributed by atoms with E-state index in [9.17, 15) is 14.4 Å². The van der Waals surface area contributed by atoms with Gasteiger partial charge in [-0.1, -0.05) is 44.9 Å². The number of hydrogen-bond acceptors (Lipinski definition) is 3. The van der Waals surface area contributed by atoms with Gasteiger partial charge in [0.05, 0.1) is 11.6 Å². The van der Waals surface area contributed by atoms with Crippen molar-refractivity contribution in [2.75, 3.05) is 13.1 Å². The van der Waals surface area contributed by atoms with Crippen molar-refractivity contribution in [1.29, 1.82) is 0 Å². The van der Waals surface area contributed by atoms with Crippen molar-refractivity contribution in [3.8, 4) is 0 Å². The number of halogens is 1. The molecular formula is C26H35FN2O3. The lowest BCUT2D eigenvalue weighted by molar-refractivity contribution is -0.128. The average Bonchev–Trinajstić information content (AvgIpc) is 2.82. The van der Waals surface area contributed by atoms with Gasteiger partial charge in [0.1, 0.15) is 5.82 Å². The molecule has 3 rings (SSSR count). The van der Waals surface area contributed by atoms with Gasteiger partial charge in [-0.15, -0.1) is 0 Å². The number of Topliss-reactive ketones (excluding diaryl/α,β-unsaturated/α-hetero) is 1. The average molecular weight is 443 g/mol. The molecule has 2 aliphatic rings. The van der Waals surface area contributed by atoms with Gasteiger partial charge in [-0.25, -0.2) is 4.39 Å². The van der Waals surface area contributed by atoms with Crippen LogP contribution >= 0.6 is 0 Å². The van der Waals surface area contributed by atoms with E-state index in [0.29, 0.717) is 30.6 Å². The molecule has 2 atom stereocenters. The molecule has 0 radical (unpaired) electrons. The lowest BCUT2D eigenvalue weighted by atomic mass is 9.82. The Bertz CT molecular complexity index is 876. The zero-order valence-corrected chi connectivity index (χ0v) is 19.3. The van der Waals surface area contributed by atoms with Gasteiger partial charge < -0.3 is 10.2 Å². The molecule has 2 unspecified atom stereocenters. The molecule has 32 heavy (non-hydrogen) atoms. The molecule has 1 aromatic carbocycles. The normalized spacial score (nSPS) is 20.5. The predicted molar refractivity (Wildman–Crippen MR) is 123 cm³/mol. The monoisotopic (exact) mass is 442 g/mol. The Morgan fingerprint density at radius 1 is 1.16 bits per heavy atom. The summed E-state index contributed by atoms with van der Waals surface area (Å²) in [5.41, 5.74) is 0.970. The molecular weight excluding hydrogens is 407 g/mol. The smallest absolute Gasteiger partial charge is 0.254 e. The molecule has 174 valence electrons. The van der Waals surface area contributed by atoms with Crippen molar-refractivity contribution in [2.45, 2.75) is 77.2 Å². The van der Waals surface area contributed by atoms with Crippen LogP contribution < -0.4 is 5.32 Å². The minimum absolute atomic E-state index is 0.0361. The third-order valence-electron chi connectivity index (χ3n) is 7.00. The fourth-order valence-corrected chi connectivity index (χ4v) is 5.07. The second kappa shape index (κ2) is 10.9. The number of piperidine rings is 1. The second-order valence-corrected chi connectivity index (χ2v) is 9.22. The van der Waals surface area contributed by atoms with Crippen molar-refractivity contribution in [2.24, 2.45) is 5.92 Å². The van der Waals surface area contributed by atoms with E-state index in [-0.39, 0.29) is 29.1 Å². The topological polar surface area (TPSA) is 66.5 Å². The first-order valence-electron chi connectivity index (χ1n) is 11.9. The Kier molecular flexibility index (Phi) is 8.21. The zero-order valence-electron chi connectivity index (χ0n) is 19.3. The summed E-state index contributed by atoms with van der Waals surface area (Å²) in [4.78, 5) is 39.5. The molecule has 0 spiro atoms. The van der Waals surface area contributed by atoms with Crippen molar-refractivity contribution in [3.63, 3.8) is 0 Å². The lowest BCUT2D eigenvalue weighted by Crippen LogP contribution is -2.46. The van der Waals surface area contributed by atoms with E-state index in [1.165, 1.54) is 13.0 Å². The highest BCUT2D eigenvalue weighted by atomic mass is 19.1. The molecule has 1 heterocycles. The Balaban J connectivity index is 1.77. The highest BCUT2D eigenvalue weighted by Gasteiger charge is 2.31. The zero-order chi connectivity index (χ0) is 23.3. The van der Waals surface area contributed by atoms with E-state index >= 15 is 4.39 Å². The van der Waals surface area contributed by atoms with Gasteiger partial charge in [-0.05, 0) is 56.6 Å². The third kappa shape index (κ3) is 5.45. The van der Waals surface area contributed by atoms with Crippen LogP contribution in [0.25, 0.3) is 0 Å². The van der Waals surface area contributed by atoms with E-state index < -0.39 is 17.8 Å². The SMILES string of the molecule is C=C(CC)C(=O)N1CCCC(c2cccc(C(=O)NC(C(C)=O)C3CCCCC3)c2F)C1. The first-order valence-corrected chi connectivity index (χ1v) is 11.9. The molecule has 1 N–H and O–H groups in total. The predicted octanol–water partition coefficient (Wildman–Crippen LogP) is 4.77. The molecule has 1 aliphatic carbocycles. The van der Waals surface area contributed by atoms with Crippen LogP contribution in [0, 0.1) is 11.7 Å². The van der Waals surface area contributed by atoms with Crippen molar-refractivity contribution < 1.29 is 18.8 Å². The first-order chi connectivity index (χ1) is 15.3. The molecule has 1 aliphatic heterocycles. The lowest BCUT2D eigenvalue weighted by Gasteiger charge is -2.34. The number of nitrogens with zero attached hydrogens (tertiary/aromatic N) is 1. The summed E-state index contributed by atoms with van der Waals surface area (Å²) in [6, 6.07) is 4.27. The summed E-state index contributed by atoms with van der Waals surface area (Å²) >= 11 is 0. The second-order valence-electron chi connectivity index (χ2n) is 9.22. The van der Waals surface area contributed by atoms with Crippen molar-refractivity contribution in [1.82, 2.24) is 10.2 Å². The largest absolute Gasteiger partial charge is 0.342 e. The van der Waals surface area contributed by atoms with Gasteiger partial charge in [0.25, 0.3) is 5.91 Å². The maximum Gasteiger partial charge on any atom is 0.254 e. The molecule has 1 aromatic rings. The van der Waals surface area contributed by atoms with Gasteiger partial charge in [-0.2, -0.15) is 0 Å². The van der Waals surface area contributed by atoms with E-state index in [4.69, 9.17) is 0 Å². The number of carbonyl (C=O) groups is 3. The van der Waals surface area contributed by atoms with Crippen LogP contribution in [0.2, 0.25) is 0 Å². The number of carbonyl (C=O) groups excluding carboxylic acids is 3. The van der Waals surface area contributed by atoms with E-state index in [0.717, 1.165) is 44.9 Å². The van der Waals surface area contributed by atoms with Gasteiger partial charge in [0.15, 0.2) is 5.78 Å². The quantitative estimate of drug-likeness (QED) is 0.619. The highest BCUT2D eigenvalue weighted by molar-refractivity contribution is 5.98. The number of benzene rings is 1. The molecule has 2 amide bonds. The van der Waals surface area contributed by atoms with Crippen LogP contribution in [0.15, 0.2) is 30.4 Å². The van der Waals surface area contributed by atoms with E-state index in [1.54, 1.807) is 17.0 Å². The van der Waals surface area contributed by atoms with Crippen LogP contribution in [-0.2, 0) is 9.59 Å². The van der Waals surface area contributed by atoms with Crippen LogP contribution in [0.1, 0.15) is 87.1 Å². The minimum atomic E-state index is -0.575. The van der Waals surface area contributed by atoms with E-state index in [2.05, 4.69) is 11.9 Å². The van der Waals surface area contributed by atoms with E-state index in [1.807, 2.05) is 6.92 Å². The van der Waals surface area contributed by atoms with Gasteiger partial charge >= 0.3 is 0 Å². The number of nitrogens with one attached hydrogen (secondary N) is 1. The van der Waals surface area contributed by atoms with Crippen LogP contribution in [0.3, 0.4) is 0 Å². The molecule has 0 aromatic heterocycles. The maximum atomic E-state index is 15.5. The number of hydrogen-bond donors (Lipinski definition) is 1. The Hall–Kier alpha value is -2.50. The van der Waals surface area contributed by atoms with Gasteiger partial charge in [-0.3, -0.25) is 14.4 Å². The summed E-state index contributed by atoms with van der Waals surface area (Å²) in [5, 5.41) is 2.82. The summed E-state index contributed by atoms with van der Waals surface area (Å²) in [6.45, 7) is 8.27. The molecule has 1 saturated heterocycles. The first kappa shape index (κ1) is 24.1. The number of likely N-dealkylation sites (tertiary alicyclic amines) is 1. The number of ketones is 1. The molecule has 6 heteroatoms. The molecule has 2 fully saturated rings. The van der Waals surface area contributed by atoms with Crippen LogP contribution in [-0.4, -0.2) is 41.6 Å². The standard InChI is InChI=1S/C26H35FN2O3/c1-4-17(2)26(32)29-15-9-12-20(16-29)21-13-8-14-22(23(21)27)25(31)28-24(18(3)30)19-10-6-5-7-11-19/h8,13-14,19-20,24H,2,4-7,9-12,15-16H2,1,3H3,(H,28,31). The third-order valence-corrected chi connectivity index (χ3v) is 7.00. The minimum Gasteiger partial charge on any atom is -0.342 e. The number of rotatable bonds is 7. The highest BCUT2D eigenvalue weighted by Crippen LogP contribution is 2.31. The Labute approximate surface area is 190 Å². The summed E-state index contributed by atoms with van der Waals surface area (Å²) in [6.07, 6.45) is 7.18. The fraction of sp³-hybridized carbons (Fsp3) is 0.577. The fourth-order valence-electron chi connectivity index (χ4n) is 5.07. The summed E-state index contributed by atoms with van der Waals surface area (Å²) in [7, 11) is 0. The Morgan fingerprint density at radius 2 is 1.88 bits per heavy atom. The van der Waals surface area contributed by atoms with Crippen LogP contribution in [0.5, 0.6) is 0 Å². The van der Waals surface area contributed by atoms with Crippen LogP contribution in [0.4, 0.5) is 4.39 Å².